The zero-order chi connectivity index (χ0) is 12.8. The number of fused-ring (bicyclic) bond motifs is 1. The maximum Gasteiger partial charge on any atom is 0.234 e. The number of hydrogen-bond acceptors (Lipinski definition) is 3. The fourth-order valence-electron chi connectivity index (χ4n) is 3.42. The highest BCUT2D eigenvalue weighted by Gasteiger charge is 2.33. The first-order valence-corrected chi connectivity index (χ1v) is 7.19. The van der Waals surface area contributed by atoms with Crippen LogP contribution < -0.4 is 5.32 Å². The van der Waals surface area contributed by atoms with Crippen LogP contribution in [0.3, 0.4) is 0 Å². The summed E-state index contributed by atoms with van der Waals surface area (Å²) in [4.78, 5) is 14.2. The largest absolute Gasteiger partial charge is 0.354 e. The van der Waals surface area contributed by atoms with Gasteiger partial charge in [0.15, 0.2) is 0 Å². The highest BCUT2D eigenvalue weighted by molar-refractivity contribution is 5.78. The van der Waals surface area contributed by atoms with E-state index in [1.165, 1.54) is 38.5 Å². The number of nitriles is 1. The van der Waals surface area contributed by atoms with E-state index in [0.29, 0.717) is 25.6 Å². The van der Waals surface area contributed by atoms with Crippen LogP contribution in [0.1, 0.15) is 44.9 Å². The highest BCUT2D eigenvalue weighted by Crippen LogP contribution is 2.34. The first kappa shape index (κ1) is 13.4. The van der Waals surface area contributed by atoms with Crippen molar-refractivity contribution in [3.63, 3.8) is 0 Å². The first-order valence-electron chi connectivity index (χ1n) is 7.19. The Morgan fingerprint density at radius 2 is 2.06 bits per heavy atom. The van der Waals surface area contributed by atoms with Gasteiger partial charge in [0.1, 0.15) is 0 Å². The standard InChI is InChI=1S/C14H23N3O/c15-8-4-9-16-14(18)11-17-10-3-6-12-5-1-2-7-13(12)17/h12-13H,1-7,9-11H2,(H,16,18)/t12-,13+/m0/s1. The Morgan fingerprint density at radius 3 is 2.89 bits per heavy atom. The number of nitrogens with zero attached hydrogens (tertiary/aromatic N) is 2. The number of rotatable bonds is 4. The van der Waals surface area contributed by atoms with Crippen molar-refractivity contribution in [3.8, 4) is 6.07 Å². The summed E-state index contributed by atoms with van der Waals surface area (Å²) < 4.78 is 0. The molecule has 100 valence electrons. The third-order valence-corrected chi connectivity index (χ3v) is 4.26. The molecule has 2 aliphatic rings. The molecule has 0 aromatic rings. The van der Waals surface area contributed by atoms with Gasteiger partial charge in [0.05, 0.1) is 19.0 Å². The molecule has 2 rings (SSSR count). The van der Waals surface area contributed by atoms with Crippen LogP contribution in [-0.4, -0.2) is 36.5 Å². The third-order valence-electron chi connectivity index (χ3n) is 4.26. The first-order chi connectivity index (χ1) is 8.81. The van der Waals surface area contributed by atoms with Crippen molar-refractivity contribution in [3.05, 3.63) is 0 Å². The molecule has 4 heteroatoms. The molecule has 1 saturated heterocycles. The predicted octanol–water partition coefficient (Wildman–Crippen LogP) is 1.67. The maximum absolute atomic E-state index is 11.8. The van der Waals surface area contributed by atoms with Crippen LogP contribution in [0.25, 0.3) is 0 Å². The Balaban J connectivity index is 1.80. The molecule has 0 aromatic heterocycles. The van der Waals surface area contributed by atoms with Crippen LogP contribution in [0.4, 0.5) is 0 Å². The molecule has 1 N–H and O–H groups in total. The van der Waals surface area contributed by atoms with E-state index in [2.05, 4.69) is 10.2 Å². The number of hydrogen-bond donors (Lipinski definition) is 1. The summed E-state index contributed by atoms with van der Waals surface area (Å²) in [5.74, 6) is 0.899. The Kier molecular flexibility index (Phi) is 5.00. The summed E-state index contributed by atoms with van der Waals surface area (Å²) in [6.45, 7) is 2.07. The highest BCUT2D eigenvalue weighted by atomic mass is 16.2. The average Bonchev–Trinajstić information content (AvgIpc) is 2.39. The molecular formula is C14H23N3O. The van der Waals surface area contributed by atoms with Crippen LogP contribution in [0.2, 0.25) is 0 Å². The van der Waals surface area contributed by atoms with Gasteiger partial charge in [0.2, 0.25) is 5.91 Å². The third kappa shape index (κ3) is 3.46. The molecule has 2 atom stereocenters. The zero-order valence-electron chi connectivity index (χ0n) is 11.0. The Labute approximate surface area is 109 Å². The van der Waals surface area contributed by atoms with E-state index >= 15 is 0 Å². The molecule has 2 fully saturated rings. The molecule has 4 nitrogen and oxygen atoms in total. The summed E-state index contributed by atoms with van der Waals surface area (Å²) in [7, 11) is 0. The molecule has 1 aliphatic carbocycles. The van der Waals surface area contributed by atoms with Crippen molar-refractivity contribution < 1.29 is 4.79 Å². The van der Waals surface area contributed by atoms with E-state index in [1.54, 1.807) is 0 Å². The second-order valence-corrected chi connectivity index (χ2v) is 5.48. The number of carbonyl (C=O) groups is 1. The van der Waals surface area contributed by atoms with E-state index in [-0.39, 0.29) is 5.91 Å². The zero-order valence-corrected chi connectivity index (χ0v) is 11.0. The quantitative estimate of drug-likeness (QED) is 0.771. The summed E-state index contributed by atoms with van der Waals surface area (Å²) in [6, 6.07) is 2.68. The van der Waals surface area contributed by atoms with E-state index < -0.39 is 0 Å². The molecule has 1 aliphatic heterocycles. The minimum absolute atomic E-state index is 0.0801. The lowest BCUT2D eigenvalue weighted by atomic mass is 9.78. The van der Waals surface area contributed by atoms with Gasteiger partial charge >= 0.3 is 0 Å². The molecule has 0 radical (unpaired) electrons. The van der Waals surface area contributed by atoms with Crippen molar-refractivity contribution in [1.29, 1.82) is 5.26 Å². The molecule has 18 heavy (non-hydrogen) atoms. The molecule has 0 unspecified atom stereocenters. The van der Waals surface area contributed by atoms with Crippen molar-refractivity contribution in [2.75, 3.05) is 19.6 Å². The maximum atomic E-state index is 11.8. The van der Waals surface area contributed by atoms with Gasteiger partial charge in [-0.05, 0) is 38.1 Å². The van der Waals surface area contributed by atoms with Crippen LogP contribution in [0, 0.1) is 17.2 Å². The number of nitrogens with one attached hydrogen (secondary N) is 1. The topological polar surface area (TPSA) is 56.1 Å². The minimum atomic E-state index is 0.0801. The normalized spacial score (nSPS) is 28.2. The van der Waals surface area contributed by atoms with Gasteiger partial charge < -0.3 is 5.32 Å². The van der Waals surface area contributed by atoms with Crippen molar-refractivity contribution >= 4 is 5.91 Å². The van der Waals surface area contributed by atoms with Crippen molar-refractivity contribution in [1.82, 2.24) is 10.2 Å². The number of carbonyl (C=O) groups excluding carboxylic acids is 1. The monoisotopic (exact) mass is 249 g/mol. The lowest BCUT2D eigenvalue weighted by Crippen LogP contribution is -2.50. The second kappa shape index (κ2) is 6.75. The van der Waals surface area contributed by atoms with E-state index in [1.807, 2.05) is 6.07 Å². The average molecular weight is 249 g/mol. The minimum Gasteiger partial charge on any atom is -0.354 e. The summed E-state index contributed by atoms with van der Waals surface area (Å²) in [5.41, 5.74) is 0. The predicted molar refractivity (Wildman–Crippen MR) is 69.8 cm³/mol. The van der Waals surface area contributed by atoms with E-state index in [0.717, 1.165) is 12.5 Å². The SMILES string of the molecule is N#CCCNC(=O)CN1CCC[C@@H]2CCCC[C@H]21. The molecule has 1 heterocycles. The lowest BCUT2D eigenvalue weighted by Gasteiger charge is -2.43. The van der Waals surface area contributed by atoms with Gasteiger partial charge in [-0.3, -0.25) is 9.69 Å². The van der Waals surface area contributed by atoms with E-state index in [4.69, 9.17) is 5.26 Å². The van der Waals surface area contributed by atoms with Crippen LogP contribution in [0.15, 0.2) is 0 Å². The van der Waals surface area contributed by atoms with Crippen LogP contribution in [-0.2, 0) is 4.79 Å². The molecule has 0 bridgehead atoms. The van der Waals surface area contributed by atoms with Gasteiger partial charge in [-0.2, -0.15) is 5.26 Å². The number of piperidine rings is 1. The molecule has 1 saturated carbocycles. The summed E-state index contributed by atoms with van der Waals surface area (Å²) in [6.07, 6.45) is 8.26. The number of likely N-dealkylation sites (tertiary alicyclic amines) is 1. The smallest absolute Gasteiger partial charge is 0.234 e. The summed E-state index contributed by atoms with van der Waals surface area (Å²) >= 11 is 0. The molecule has 0 spiro atoms. The second-order valence-electron chi connectivity index (χ2n) is 5.48. The Hall–Kier alpha value is -1.08. The van der Waals surface area contributed by atoms with Crippen LogP contribution >= 0.6 is 0 Å². The number of amides is 1. The van der Waals surface area contributed by atoms with Gasteiger partial charge in [-0.1, -0.05) is 12.8 Å². The fourth-order valence-corrected chi connectivity index (χ4v) is 3.42. The fraction of sp³-hybridized carbons (Fsp3) is 0.857. The molecule has 0 aromatic carbocycles. The molecule has 1 amide bonds. The Morgan fingerprint density at radius 1 is 1.28 bits per heavy atom. The van der Waals surface area contributed by atoms with Crippen LogP contribution in [0.5, 0.6) is 0 Å². The van der Waals surface area contributed by atoms with Crippen molar-refractivity contribution in [2.24, 2.45) is 5.92 Å². The van der Waals surface area contributed by atoms with Gasteiger partial charge in [-0.25, -0.2) is 0 Å². The summed E-state index contributed by atoms with van der Waals surface area (Å²) in [5, 5.41) is 11.3. The van der Waals surface area contributed by atoms with E-state index in [9.17, 15) is 4.79 Å². The Bertz CT molecular complexity index is 321. The van der Waals surface area contributed by atoms with Gasteiger partial charge in [0.25, 0.3) is 0 Å². The molecular weight excluding hydrogens is 226 g/mol. The van der Waals surface area contributed by atoms with Crippen molar-refractivity contribution in [2.45, 2.75) is 51.0 Å². The van der Waals surface area contributed by atoms with Gasteiger partial charge in [-0.15, -0.1) is 0 Å². The van der Waals surface area contributed by atoms with Gasteiger partial charge in [0, 0.05) is 12.6 Å². The lowest BCUT2D eigenvalue weighted by molar-refractivity contribution is -0.123.